The Labute approximate surface area is 202 Å². The Hall–Kier alpha value is -2.06. The second-order valence-corrected chi connectivity index (χ2v) is 10.9. The van der Waals surface area contributed by atoms with Crippen molar-refractivity contribution in [2.45, 2.75) is 108 Å². The van der Waals surface area contributed by atoms with Gasteiger partial charge < -0.3 is 10.5 Å². The first-order chi connectivity index (χ1) is 15.9. The lowest BCUT2D eigenvalue weighted by molar-refractivity contribution is 0.257. The van der Waals surface area contributed by atoms with Crippen LogP contribution in [0.3, 0.4) is 0 Å². The van der Waals surface area contributed by atoms with Crippen molar-refractivity contribution in [1.82, 2.24) is 0 Å². The molecule has 33 heavy (non-hydrogen) atoms. The van der Waals surface area contributed by atoms with Crippen LogP contribution in [0.1, 0.15) is 108 Å². The number of benzene rings is 2. The molecule has 2 nitrogen and oxygen atoms in total. The van der Waals surface area contributed by atoms with Gasteiger partial charge in [-0.15, -0.1) is 6.58 Å². The zero-order valence-electron chi connectivity index (χ0n) is 21.2. The summed E-state index contributed by atoms with van der Waals surface area (Å²) in [6.07, 6.45) is 13.7. The fraction of sp³-hybridized carbons (Fsp3) is 0.548. The van der Waals surface area contributed by atoms with Crippen molar-refractivity contribution in [1.29, 1.82) is 0 Å². The number of ether oxygens (including phenoxy) is 1. The number of rotatable bonds is 12. The van der Waals surface area contributed by atoms with Gasteiger partial charge in [0.1, 0.15) is 12.4 Å². The van der Waals surface area contributed by atoms with E-state index in [9.17, 15) is 0 Å². The highest BCUT2D eigenvalue weighted by Gasteiger charge is 2.34. The average molecular weight is 448 g/mol. The molecule has 1 fully saturated rings. The summed E-state index contributed by atoms with van der Waals surface area (Å²) in [6.45, 7) is 11.6. The SMILES string of the molecule is C=CCC1(N)CCCC(c2ccc(C(C)(C)CCCCCC)cc2OCc2ccccc2)C1. The summed E-state index contributed by atoms with van der Waals surface area (Å²) in [6, 6.07) is 17.5. The van der Waals surface area contributed by atoms with Gasteiger partial charge in [-0.3, -0.25) is 0 Å². The van der Waals surface area contributed by atoms with E-state index in [1.807, 2.05) is 6.08 Å². The highest BCUT2D eigenvalue weighted by molar-refractivity contribution is 5.43. The Bertz CT molecular complexity index is 872. The van der Waals surface area contributed by atoms with Gasteiger partial charge in [0, 0.05) is 5.54 Å². The van der Waals surface area contributed by atoms with Gasteiger partial charge in [0.05, 0.1) is 0 Å². The topological polar surface area (TPSA) is 35.2 Å². The van der Waals surface area contributed by atoms with Gasteiger partial charge in [0.15, 0.2) is 0 Å². The molecule has 1 aliphatic rings. The Morgan fingerprint density at radius 1 is 1.12 bits per heavy atom. The molecule has 2 unspecified atom stereocenters. The van der Waals surface area contributed by atoms with Crippen LogP contribution in [-0.4, -0.2) is 5.54 Å². The molecule has 2 atom stereocenters. The van der Waals surface area contributed by atoms with Crippen molar-refractivity contribution >= 4 is 0 Å². The molecule has 0 spiro atoms. The third-order valence-electron chi connectivity index (χ3n) is 7.56. The van der Waals surface area contributed by atoms with Crippen molar-refractivity contribution in [3.63, 3.8) is 0 Å². The molecule has 3 rings (SSSR count). The van der Waals surface area contributed by atoms with Gasteiger partial charge in [0.25, 0.3) is 0 Å². The first kappa shape index (κ1) is 25.6. The summed E-state index contributed by atoms with van der Waals surface area (Å²) in [5.41, 5.74) is 10.7. The van der Waals surface area contributed by atoms with Crippen LogP contribution in [0.25, 0.3) is 0 Å². The molecule has 0 amide bonds. The summed E-state index contributed by atoms with van der Waals surface area (Å²) in [5.74, 6) is 1.49. The number of unbranched alkanes of at least 4 members (excludes halogenated alkanes) is 3. The summed E-state index contributed by atoms with van der Waals surface area (Å²) < 4.78 is 6.52. The molecule has 0 aromatic heterocycles. The maximum atomic E-state index is 6.78. The summed E-state index contributed by atoms with van der Waals surface area (Å²) in [5, 5.41) is 0. The third-order valence-corrected chi connectivity index (χ3v) is 7.56. The number of hydrogen-bond donors (Lipinski definition) is 1. The largest absolute Gasteiger partial charge is 0.489 e. The summed E-state index contributed by atoms with van der Waals surface area (Å²) in [7, 11) is 0. The molecule has 2 aromatic rings. The van der Waals surface area contributed by atoms with Crippen molar-refractivity contribution in [2.24, 2.45) is 5.73 Å². The minimum absolute atomic E-state index is 0.140. The molecule has 1 saturated carbocycles. The molecule has 0 heterocycles. The van der Waals surface area contributed by atoms with Gasteiger partial charge >= 0.3 is 0 Å². The van der Waals surface area contributed by atoms with Crippen LogP contribution in [0.4, 0.5) is 0 Å². The van der Waals surface area contributed by atoms with Crippen LogP contribution in [0.2, 0.25) is 0 Å². The fourth-order valence-corrected chi connectivity index (χ4v) is 5.42. The van der Waals surface area contributed by atoms with E-state index in [2.05, 4.69) is 75.9 Å². The molecule has 0 bridgehead atoms. The monoisotopic (exact) mass is 447 g/mol. The smallest absolute Gasteiger partial charge is 0.123 e. The van der Waals surface area contributed by atoms with E-state index >= 15 is 0 Å². The van der Waals surface area contributed by atoms with E-state index in [0.29, 0.717) is 12.5 Å². The molecule has 0 saturated heterocycles. The highest BCUT2D eigenvalue weighted by atomic mass is 16.5. The van der Waals surface area contributed by atoms with Crippen molar-refractivity contribution < 1.29 is 4.74 Å². The van der Waals surface area contributed by atoms with Crippen LogP contribution in [0.15, 0.2) is 61.2 Å². The lowest BCUT2D eigenvalue weighted by Crippen LogP contribution is -2.43. The van der Waals surface area contributed by atoms with E-state index < -0.39 is 0 Å². The molecular weight excluding hydrogens is 402 g/mol. The Kier molecular flexibility index (Phi) is 9.20. The predicted molar refractivity (Wildman–Crippen MR) is 142 cm³/mol. The van der Waals surface area contributed by atoms with Crippen molar-refractivity contribution in [3.05, 3.63) is 77.9 Å². The van der Waals surface area contributed by atoms with E-state index in [1.54, 1.807) is 0 Å². The second kappa shape index (κ2) is 11.9. The third kappa shape index (κ3) is 7.21. The van der Waals surface area contributed by atoms with E-state index in [1.165, 1.54) is 55.2 Å². The standard InChI is InChI=1S/C31H45NO/c1-5-7-8-12-20-30(3,4)27-17-18-28(26-16-13-21-31(32,23-26)19-6-2)29(22-27)33-24-25-14-10-9-11-15-25/h6,9-11,14-15,17-18,22,26H,2,5,7-8,12-13,16,19-21,23-24,32H2,1,3-4H3. The maximum Gasteiger partial charge on any atom is 0.123 e. The lowest BCUT2D eigenvalue weighted by atomic mass is 9.71. The van der Waals surface area contributed by atoms with E-state index in [-0.39, 0.29) is 11.0 Å². The summed E-state index contributed by atoms with van der Waals surface area (Å²) >= 11 is 0. The first-order valence-electron chi connectivity index (χ1n) is 13.1. The second-order valence-electron chi connectivity index (χ2n) is 10.9. The van der Waals surface area contributed by atoms with Crippen LogP contribution >= 0.6 is 0 Å². The number of nitrogens with two attached hydrogens (primary N) is 1. The van der Waals surface area contributed by atoms with E-state index in [4.69, 9.17) is 10.5 Å². The maximum absolute atomic E-state index is 6.78. The highest BCUT2D eigenvalue weighted by Crippen LogP contribution is 2.44. The molecule has 1 aliphatic carbocycles. The zero-order chi connectivity index (χ0) is 23.7. The van der Waals surface area contributed by atoms with Crippen LogP contribution < -0.4 is 10.5 Å². The zero-order valence-corrected chi connectivity index (χ0v) is 21.2. The quantitative estimate of drug-likeness (QED) is 0.262. The molecule has 2 heteroatoms. The Morgan fingerprint density at radius 2 is 1.91 bits per heavy atom. The fourth-order valence-electron chi connectivity index (χ4n) is 5.42. The predicted octanol–water partition coefficient (Wildman–Crippen LogP) is 8.44. The normalized spacial score (nSPS) is 21.0. The van der Waals surface area contributed by atoms with E-state index in [0.717, 1.165) is 31.4 Å². The molecular formula is C31H45NO. The minimum atomic E-state index is -0.140. The van der Waals surface area contributed by atoms with Crippen LogP contribution in [0.5, 0.6) is 5.75 Å². The average Bonchev–Trinajstić information content (AvgIpc) is 2.81. The molecule has 2 N–H and O–H groups in total. The molecule has 2 aromatic carbocycles. The molecule has 0 radical (unpaired) electrons. The van der Waals surface area contributed by atoms with Crippen LogP contribution in [0, 0.1) is 0 Å². The molecule has 180 valence electrons. The van der Waals surface area contributed by atoms with Gasteiger partial charge in [-0.05, 0) is 66.2 Å². The Morgan fingerprint density at radius 3 is 2.64 bits per heavy atom. The van der Waals surface area contributed by atoms with Crippen LogP contribution in [-0.2, 0) is 12.0 Å². The minimum Gasteiger partial charge on any atom is -0.489 e. The van der Waals surface area contributed by atoms with Gasteiger partial charge in [-0.1, -0.05) is 101 Å². The van der Waals surface area contributed by atoms with Gasteiger partial charge in [-0.2, -0.15) is 0 Å². The van der Waals surface area contributed by atoms with Gasteiger partial charge in [-0.25, -0.2) is 0 Å². The van der Waals surface area contributed by atoms with Crippen molar-refractivity contribution in [2.75, 3.05) is 0 Å². The number of hydrogen-bond acceptors (Lipinski definition) is 2. The first-order valence-corrected chi connectivity index (χ1v) is 13.1. The Balaban J connectivity index is 1.85. The molecule has 0 aliphatic heterocycles. The van der Waals surface area contributed by atoms with Gasteiger partial charge in [0.2, 0.25) is 0 Å². The van der Waals surface area contributed by atoms with Crippen molar-refractivity contribution in [3.8, 4) is 5.75 Å². The summed E-state index contributed by atoms with van der Waals surface area (Å²) in [4.78, 5) is 0. The lowest BCUT2D eigenvalue weighted by Gasteiger charge is -2.38.